The van der Waals surface area contributed by atoms with Gasteiger partial charge in [-0.3, -0.25) is 0 Å². The first-order valence-electron chi connectivity index (χ1n) is 3.35. The van der Waals surface area contributed by atoms with Crippen LogP contribution in [0.4, 0.5) is 0 Å². The number of hydrogen-bond donors (Lipinski definition) is 1. The Morgan fingerprint density at radius 1 is 1.36 bits per heavy atom. The van der Waals surface area contributed by atoms with Crippen LogP contribution in [-0.4, -0.2) is 5.11 Å². The minimum Gasteiger partial charge on any atom is -0.508 e. The van der Waals surface area contributed by atoms with Crippen molar-refractivity contribution in [1.29, 1.82) is 0 Å². The van der Waals surface area contributed by atoms with Gasteiger partial charge in [0.15, 0.2) is 0 Å². The first-order chi connectivity index (χ1) is 5.24. The molecule has 0 saturated heterocycles. The number of phenolic OH excluding ortho intramolecular Hbond substituents is 1. The lowest BCUT2D eigenvalue weighted by molar-refractivity contribution is 0.474. The molecule has 1 aromatic carbocycles. The number of rotatable bonds is 1. The lowest BCUT2D eigenvalue weighted by Gasteiger charge is -1.89. The minimum absolute atomic E-state index is 0.246. The van der Waals surface area contributed by atoms with Gasteiger partial charge in [-0.15, -0.1) is 0 Å². The highest BCUT2D eigenvalue weighted by atomic mass is 16.3. The van der Waals surface area contributed by atoms with Crippen LogP contribution in [0.3, 0.4) is 0 Å². The largest absolute Gasteiger partial charge is 0.508 e. The molecule has 0 amide bonds. The third-order valence-corrected chi connectivity index (χ3v) is 1.42. The molecule has 56 valence electrons. The monoisotopic (exact) mass is 146 g/mol. The summed E-state index contributed by atoms with van der Waals surface area (Å²) in [6.07, 6.45) is 3.54. The van der Waals surface area contributed by atoms with Crippen molar-refractivity contribution in [3.05, 3.63) is 41.3 Å². The van der Waals surface area contributed by atoms with E-state index in [0.29, 0.717) is 0 Å². The molecule has 0 saturated carbocycles. The smallest absolute Gasteiger partial charge is 0.116 e. The van der Waals surface area contributed by atoms with Crippen LogP contribution in [0.2, 0.25) is 0 Å². The van der Waals surface area contributed by atoms with E-state index in [1.807, 2.05) is 6.08 Å². The molecule has 1 heteroatoms. The molecule has 0 radical (unpaired) electrons. The van der Waals surface area contributed by atoms with Crippen LogP contribution < -0.4 is 10.4 Å². The molecule has 1 rings (SSSR count). The van der Waals surface area contributed by atoms with E-state index in [1.54, 1.807) is 24.3 Å². The zero-order valence-corrected chi connectivity index (χ0v) is 6.25. The SMILES string of the molecule is C=C/C=c1/ccc(O)cc1=C. The lowest BCUT2D eigenvalue weighted by atomic mass is 10.2. The quantitative estimate of drug-likeness (QED) is 0.620. The standard InChI is InChI=1S/C10H10O/c1-3-4-9-5-6-10(11)7-8(9)2/h3-7,11H,1-2H2/b9-4-. The highest BCUT2D eigenvalue weighted by molar-refractivity contribution is 5.38. The van der Waals surface area contributed by atoms with Crippen LogP contribution in [0.25, 0.3) is 12.7 Å². The maximum atomic E-state index is 9.03. The molecule has 0 aliphatic carbocycles. The summed E-state index contributed by atoms with van der Waals surface area (Å²) in [5, 5.41) is 10.8. The summed E-state index contributed by atoms with van der Waals surface area (Å²) < 4.78 is 0. The van der Waals surface area contributed by atoms with Gasteiger partial charge in [0.25, 0.3) is 0 Å². The van der Waals surface area contributed by atoms with E-state index in [-0.39, 0.29) is 5.75 Å². The van der Waals surface area contributed by atoms with Gasteiger partial charge in [-0.2, -0.15) is 0 Å². The van der Waals surface area contributed by atoms with Crippen LogP contribution in [-0.2, 0) is 0 Å². The zero-order chi connectivity index (χ0) is 8.27. The Morgan fingerprint density at radius 2 is 2.09 bits per heavy atom. The fourth-order valence-corrected chi connectivity index (χ4v) is 0.882. The van der Waals surface area contributed by atoms with Gasteiger partial charge in [0, 0.05) is 0 Å². The molecule has 0 fully saturated rings. The molecule has 0 unspecified atom stereocenters. The normalized spacial score (nSPS) is 11.5. The molecule has 0 aliphatic rings. The van der Waals surface area contributed by atoms with Crippen LogP contribution in [0.5, 0.6) is 5.75 Å². The average molecular weight is 146 g/mol. The molecular weight excluding hydrogens is 136 g/mol. The van der Waals surface area contributed by atoms with Crippen molar-refractivity contribution in [2.75, 3.05) is 0 Å². The van der Waals surface area contributed by atoms with E-state index in [0.717, 1.165) is 10.4 Å². The van der Waals surface area contributed by atoms with Crippen molar-refractivity contribution < 1.29 is 5.11 Å². The minimum atomic E-state index is 0.246. The summed E-state index contributed by atoms with van der Waals surface area (Å²) in [6, 6.07) is 5.05. The molecule has 0 atom stereocenters. The lowest BCUT2D eigenvalue weighted by Crippen LogP contribution is -2.21. The van der Waals surface area contributed by atoms with Crippen molar-refractivity contribution in [2.45, 2.75) is 0 Å². The maximum Gasteiger partial charge on any atom is 0.116 e. The first kappa shape index (κ1) is 7.61. The van der Waals surface area contributed by atoms with Crippen LogP contribution in [0.1, 0.15) is 0 Å². The van der Waals surface area contributed by atoms with Crippen molar-refractivity contribution in [1.82, 2.24) is 0 Å². The number of phenols is 1. The number of hydrogen-bond acceptors (Lipinski definition) is 1. The molecule has 0 aliphatic heterocycles. The average Bonchev–Trinajstić information content (AvgIpc) is 1.95. The van der Waals surface area contributed by atoms with Crippen LogP contribution in [0, 0.1) is 0 Å². The molecule has 11 heavy (non-hydrogen) atoms. The van der Waals surface area contributed by atoms with Gasteiger partial charge in [0.05, 0.1) is 0 Å². The predicted molar refractivity (Wildman–Crippen MR) is 47.5 cm³/mol. The topological polar surface area (TPSA) is 20.2 Å². The van der Waals surface area contributed by atoms with Gasteiger partial charge >= 0.3 is 0 Å². The van der Waals surface area contributed by atoms with Crippen molar-refractivity contribution in [3.63, 3.8) is 0 Å². The second kappa shape index (κ2) is 3.06. The van der Waals surface area contributed by atoms with E-state index >= 15 is 0 Å². The Labute approximate surface area is 65.6 Å². The van der Waals surface area contributed by atoms with Crippen molar-refractivity contribution >= 4 is 12.7 Å². The first-order valence-corrected chi connectivity index (χ1v) is 3.35. The van der Waals surface area contributed by atoms with Gasteiger partial charge in [-0.25, -0.2) is 0 Å². The molecule has 1 nitrogen and oxygen atoms in total. The molecule has 0 aromatic heterocycles. The molecule has 0 heterocycles. The number of allylic oxidation sites excluding steroid dienone is 1. The van der Waals surface area contributed by atoms with Gasteiger partial charge in [0.1, 0.15) is 5.75 Å². The fourth-order valence-electron chi connectivity index (χ4n) is 0.882. The Balaban J connectivity index is 3.43. The maximum absolute atomic E-state index is 9.03. The van der Waals surface area contributed by atoms with E-state index in [9.17, 15) is 0 Å². The molecule has 0 bridgehead atoms. The van der Waals surface area contributed by atoms with E-state index < -0.39 is 0 Å². The third kappa shape index (κ3) is 1.71. The number of benzene rings is 1. The zero-order valence-electron chi connectivity index (χ0n) is 6.25. The molecule has 1 aromatic rings. The summed E-state index contributed by atoms with van der Waals surface area (Å²) in [5.41, 5.74) is 0. The van der Waals surface area contributed by atoms with Crippen LogP contribution >= 0.6 is 0 Å². The number of aromatic hydroxyl groups is 1. The summed E-state index contributed by atoms with van der Waals surface area (Å²) >= 11 is 0. The second-order valence-corrected chi connectivity index (χ2v) is 2.29. The highest BCUT2D eigenvalue weighted by Gasteiger charge is 1.84. The molecule has 0 spiro atoms. The van der Waals surface area contributed by atoms with E-state index in [1.165, 1.54) is 0 Å². The molecular formula is C10H10O. The highest BCUT2D eigenvalue weighted by Crippen LogP contribution is 1.97. The summed E-state index contributed by atoms with van der Waals surface area (Å²) in [5.74, 6) is 0.246. The van der Waals surface area contributed by atoms with Gasteiger partial charge in [-0.05, 0) is 22.6 Å². The van der Waals surface area contributed by atoms with Crippen molar-refractivity contribution in [3.8, 4) is 5.75 Å². The second-order valence-electron chi connectivity index (χ2n) is 2.29. The fraction of sp³-hybridized carbons (Fsp3) is 0. The van der Waals surface area contributed by atoms with Gasteiger partial charge < -0.3 is 5.11 Å². The predicted octanol–water partition coefficient (Wildman–Crippen LogP) is 0.769. The Kier molecular flexibility index (Phi) is 2.12. The van der Waals surface area contributed by atoms with E-state index in [4.69, 9.17) is 5.11 Å². The molecule has 1 N–H and O–H groups in total. The van der Waals surface area contributed by atoms with Crippen LogP contribution in [0.15, 0.2) is 30.9 Å². The third-order valence-electron chi connectivity index (χ3n) is 1.42. The Morgan fingerprint density at radius 3 is 2.64 bits per heavy atom. The Bertz CT molecular complexity index is 363. The van der Waals surface area contributed by atoms with E-state index in [2.05, 4.69) is 13.2 Å². The summed E-state index contributed by atoms with van der Waals surface area (Å²) in [6.45, 7) is 7.33. The Hall–Kier alpha value is -1.50. The summed E-state index contributed by atoms with van der Waals surface area (Å²) in [7, 11) is 0. The van der Waals surface area contributed by atoms with Gasteiger partial charge in [-0.1, -0.05) is 31.4 Å². The summed E-state index contributed by atoms with van der Waals surface area (Å²) in [4.78, 5) is 0. The van der Waals surface area contributed by atoms with Crippen molar-refractivity contribution in [2.24, 2.45) is 0 Å². The van der Waals surface area contributed by atoms with Gasteiger partial charge in [0.2, 0.25) is 0 Å².